The van der Waals surface area contributed by atoms with Crippen LogP contribution in [0.1, 0.15) is 0 Å². The van der Waals surface area contributed by atoms with Crippen molar-refractivity contribution in [1.82, 2.24) is 15.4 Å². The SMILES string of the molecule is O=[C]Oc1ccnnn1. The van der Waals surface area contributed by atoms with Crippen LogP contribution in [0.15, 0.2) is 12.3 Å². The van der Waals surface area contributed by atoms with E-state index in [4.69, 9.17) is 0 Å². The molecule has 1 rings (SSSR count). The Kier molecular flexibility index (Phi) is 1.69. The van der Waals surface area contributed by atoms with Gasteiger partial charge in [-0.2, -0.15) is 0 Å². The minimum Gasteiger partial charge on any atom is -0.397 e. The maximum atomic E-state index is 9.54. The third kappa shape index (κ3) is 1.45. The molecular formula is C4H2N3O2. The highest BCUT2D eigenvalue weighted by Gasteiger charge is 1.90. The lowest BCUT2D eigenvalue weighted by atomic mass is 10.7. The minimum atomic E-state index is 0.0972. The van der Waals surface area contributed by atoms with Gasteiger partial charge in [-0.05, 0) is 5.21 Å². The van der Waals surface area contributed by atoms with Crippen molar-refractivity contribution in [3.8, 4) is 5.88 Å². The zero-order valence-electron chi connectivity index (χ0n) is 4.31. The number of hydrogen-bond donors (Lipinski definition) is 0. The third-order valence-corrected chi connectivity index (χ3v) is 0.625. The van der Waals surface area contributed by atoms with Gasteiger partial charge in [0.25, 0.3) is 0 Å². The van der Waals surface area contributed by atoms with Gasteiger partial charge in [0.15, 0.2) is 0 Å². The van der Waals surface area contributed by atoms with Gasteiger partial charge in [0, 0.05) is 6.07 Å². The number of ether oxygens (including phenoxy) is 1. The second-order valence-electron chi connectivity index (χ2n) is 1.14. The third-order valence-electron chi connectivity index (χ3n) is 0.625. The monoisotopic (exact) mass is 124 g/mol. The first-order chi connectivity index (χ1) is 4.43. The summed E-state index contributed by atoms with van der Waals surface area (Å²) in [6.07, 6.45) is 1.36. The van der Waals surface area contributed by atoms with Crippen LogP contribution in [0.3, 0.4) is 0 Å². The van der Waals surface area contributed by atoms with Crippen LogP contribution in [0.25, 0.3) is 0 Å². The summed E-state index contributed by atoms with van der Waals surface area (Å²) >= 11 is 0. The van der Waals surface area contributed by atoms with Gasteiger partial charge < -0.3 is 4.74 Å². The van der Waals surface area contributed by atoms with Gasteiger partial charge in [-0.1, -0.05) is 5.10 Å². The van der Waals surface area contributed by atoms with E-state index in [9.17, 15) is 4.79 Å². The fourth-order valence-electron chi connectivity index (χ4n) is 0.327. The van der Waals surface area contributed by atoms with Crippen LogP contribution in [-0.2, 0) is 4.79 Å². The lowest BCUT2D eigenvalue weighted by Crippen LogP contribution is -1.93. The van der Waals surface area contributed by atoms with Crippen LogP contribution in [0.4, 0.5) is 0 Å². The average Bonchev–Trinajstić information content (AvgIpc) is 1.91. The summed E-state index contributed by atoms with van der Waals surface area (Å²) in [6, 6.07) is 1.40. The van der Waals surface area contributed by atoms with E-state index in [2.05, 4.69) is 20.1 Å². The van der Waals surface area contributed by atoms with Crippen molar-refractivity contribution in [3.05, 3.63) is 12.3 Å². The molecule has 1 aromatic rings. The van der Waals surface area contributed by atoms with E-state index < -0.39 is 0 Å². The van der Waals surface area contributed by atoms with Crippen LogP contribution in [-0.4, -0.2) is 21.9 Å². The van der Waals surface area contributed by atoms with Crippen LogP contribution >= 0.6 is 0 Å². The molecule has 5 heteroatoms. The molecule has 5 nitrogen and oxygen atoms in total. The molecule has 0 spiro atoms. The molecule has 0 unspecified atom stereocenters. The largest absolute Gasteiger partial charge is 0.424 e. The molecule has 1 radical (unpaired) electrons. The maximum absolute atomic E-state index is 9.54. The quantitative estimate of drug-likeness (QED) is 0.522. The van der Waals surface area contributed by atoms with Crippen molar-refractivity contribution in [3.63, 3.8) is 0 Å². The van der Waals surface area contributed by atoms with Gasteiger partial charge in [0.1, 0.15) is 0 Å². The van der Waals surface area contributed by atoms with E-state index in [1.54, 1.807) is 0 Å². The summed E-state index contributed by atoms with van der Waals surface area (Å²) in [6.45, 7) is 1.20. The van der Waals surface area contributed by atoms with E-state index in [0.717, 1.165) is 0 Å². The molecule has 0 fully saturated rings. The summed E-state index contributed by atoms with van der Waals surface area (Å²) in [5, 5.41) is 9.88. The Labute approximate surface area is 50.7 Å². The molecular weight excluding hydrogens is 122 g/mol. The zero-order valence-corrected chi connectivity index (χ0v) is 4.31. The van der Waals surface area contributed by atoms with Crippen LogP contribution in [0.5, 0.6) is 5.88 Å². The van der Waals surface area contributed by atoms with Crippen LogP contribution < -0.4 is 4.74 Å². The highest BCUT2D eigenvalue weighted by molar-refractivity contribution is 5.43. The number of rotatable bonds is 2. The molecule has 0 saturated heterocycles. The topological polar surface area (TPSA) is 65.0 Å². The smallest absolute Gasteiger partial charge is 0.397 e. The van der Waals surface area contributed by atoms with E-state index in [0.29, 0.717) is 0 Å². The standard InChI is InChI=1S/C4H2N3O2/c8-3-9-4-1-2-5-7-6-4/h1-2H. The second kappa shape index (κ2) is 2.71. The van der Waals surface area contributed by atoms with Gasteiger partial charge in [-0.15, -0.1) is 5.10 Å². The normalized spacial score (nSPS) is 8.44. The van der Waals surface area contributed by atoms with Gasteiger partial charge in [-0.3, -0.25) is 0 Å². The summed E-state index contributed by atoms with van der Waals surface area (Å²) in [5.74, 6) is 0.0972. The number of nitrogens with zero attached hydrogens (tertiary/aromatic N) is 3. The highest BCUT2D eigenvalue weighted by atomic mass is 16.5. The van der Waals surface area contributed by atoms with Crippen LogP contribution in [0.2, 0.25) is 0 Å². The molecule has 9 heavy (non-hydrogen) atoms. The molecule has 0 amide bonds. The predicted molar refractivity (Wildman–Crippen MR) is 26.1 cm³/mol. The first-order valence-electron chi connectivity index (χ1n) is 2.12. The molecule has 0 saturated carbocycles. The summed E-state index contributed by atoms with van der Waals surface area (Å²) in [4.78, 5) is 9.54. The van der Waals surface area contributed by atoms with Crippen molar-refractivity contribution in [2.45, 2.75) is 0 Å². The Morgan fingerprint density at radius 1 is 1.67 bits per heavy atom. The molecule has 0 bridgehead atoms. The minimum absolute atomic E-state index is 0.0972. The number of hydrogen-bond acceptors (Lipinski definition) is 5. The molecule has 1 aromatic heterocycles. The van der Waals surface area contributed by atoms with Gasteiger partial charge in [0.05, 0.1) is 6.20 Å². The first kappa shape index (κ1) is 5.61. The van der Waals surface area contributed by atoms with Gasteiger partial charge >= 0.3 is 6.47 Å². The number of carbonyl (C=O) groups excluding carboxylic acids is 1. The Hall–Kier alpha value is -1.52. The van der Waals surface area contributed by atoms with Crippen molar-refractivity contribution in [1.29, 1.82) is 0 Å². The Morgan fingerprint density at radius 2 is 2.56 bits per heavy atom. The van der Waals surface area contributed by atoms with Crippen molar-refractivity contribution < 1.29 is 9.53 Å². The molecule has 0 N–H and O–H groups in total. The van der Waals surface area contributed by atoms with E-state index in [1.165, 1.54) is 18.7 Å². The average molecular weight is 124 g/mol. The Balaban J connectivity index is 2.72. The first-order valence-corrected chi connectivity index (χ1v) is 2.12. The van der Waals surface area contributed by atoms with Crippen molar-refractivity contribution in [2.75, 3.05) is 0 Å². The molecule has 0 aromatic carbocycles. The Bertz CT molecular complexity index is 188. The number of aromatic nitrogens is 3. The van der Waals surface area contributed by atoms with Crippen molar-refractivity contribution >= 4 is 6.47 Å². The molecule has 0 aliphatic rings. The molecule has 0 atom stereocenters. The maximum Gasteiger partial charge on any atom is 0.424 e. The summed E-state index contributed by atoms with van der Waals surface area (Å²) in [5.41, 5.74) is 0. The Morgan fingerprint density at radius 3 is 3.11 bits per heavy atom. The van der Waals surface area contributed by atoms with Crippen molar-refractivity contribution in [2.24, 2.45) is 0 Å². The zero-order chi connectivity index (χ0) is 6.53. The lowest BCUT2D eigenvalue weighted by molar-refractivity contribution is 0.427. The summed E-state index contributed by atoms with van der Waals surface area (Å²) in [7, 11) is 0. The fraction of sp³-hybridized carbons (Fsp3) is 0. The van der Waals surface area contributed by atoms with E-state index in [-0.39, 0.29) is 5.88 Å². The predicted octanol–water partition coefficient (Wildman–Crippen LogP) is -0.682. The van der Waals surface area contributed by atoms with Gasteiger partial charge in [-0.25, -0.2) is 4.79 Å². The molecule has 1 heterocycles. The lowest BCUT2D eigenvalue weighted by Gasteiger charge is -1.87. The second-order valence-corrected chi connectivity index (χ2v) is 1.14. The molecule has 45 valence electrons. The molecule has 0 aliphatic carbocycles. The molecule has 0 aliphatic heterocycles. The van der Waals surface area contributed by atoms with Gasteiger partial charge in [0.2, 0.25) is 5.88 Å². The van der Waals surface area contributed by atoms with E-state index in [1.807, 2.05) is 0 Å². The van der Waals surface area contributed by atoms with Crippen LogP contribution in [0, 0.1) is 0 Å². The summed E-state index contributed by atoms with van der Waals surface area (Å²) < 4.78 is 4.19. The highest BCUT2D eigenvalue weighted by Crippen LogP contribution is 1.96. The van der Waals surface area contributed by atoms with E-state index >= 15 is 0 Å². The fourth-order valence-corrected chi connectivity index (χ4v) is 0.327.